The van der Waals surface area contributed by atoms with E-state index in [1.165, 1.54) is 29.7 Å². The highest BCUT2D eigenvalue weighted by atomic mass is 19.4. The topological polar surface area (TPSA) is 161 Å². The molecule has 0 bridgehead atoms. The Labute approximate surface area is 274 Å². The summed E-state index contributed by atoms with van der Waals surface area (Å²) in [6, 6.07) is 6.20. The van der Waals surface area contributed by atoms with Gasteiger partial charge in [-0.1, -0.05) is 83.0 Å². The summed E-state index contributed by atoms with van der Waals surface area (Å²) in [5, 5.41) is 13.0. The number of benzene rings is 1. The number of nitrogens with zero attached hydrogens (tertiary/aromatic N) is 1. The van der Waals surface area contributed by atoms with Gasteiger partial charge in [-0.25, -0.2) is 5.90 Å². The molecular formula is C34H68F3N7O. The van der Waals surface area contributed by atoms with Gasteiger partial charge in [0.05, 0.1) is 11.3 Å². The molecule has 3 rings (SSSR count). The second kappa shape index (κ2) is 28.6. The fourth-order valence-electron chi connectivity index (χ4n) is 4.50. The van der Waals surface area contributed by atoms with Crippen molar-refractivity contribution in [2.75, 3.05) is 26.7 Å². The first-order chi connectivity index (χ1) is 20.6. The second-order valence-corrected chi connectivity index (χ2v) is 9.83. The van der Waals surface area contributed by atoms with E-state index in [4.69, 9.17) is 16.7 Å². The molecule has 1 aliphatic heterocycles. The van der Waals surface area contributed by atoms with Crippen molar-refractivity contribution < 1.29 is 19.8 Å². The highest BCUT2D eigenvalue weighted by Crippen LogP contribution is 2.32. The van der Waals surface area contributed by atoms with Crippen molar-refractivity contribution in [2.45, 2.75) is 107 Å². The summed E-state index contributed by atoms with van der Waals surface area (Å²) in [5.74, 6) is 3.50. The van der Waals surface area contributed by atoms with E-state index in [2.05, 4.69) is 47.4 Å². The first-order valence-corrected chi connectivity index (χ1v) is 15.3. The van der Waals surface area contributed by atoms with Crippen molar-refractivity contribution in [3.8, 4) is 0 Å². The van der Waals surface area contributed by atoms with Crippen LogP contribution in [0.5, 0.6) is 0 Å². The minimum atomic E-state index is -4.24. The Hall–Kier alpha value is -2.83. The standard InChI is InChI=1S/C16H28N4.C13H16F3N.2C2H6.CH4.H3NO.H3N.H2/c1-11-5-7-12(2)16(8-6-11)20-10-15(18)14(9-17)13(3)19-4;14-13(15,16)12-7-3-2-6-11(12)10-17-8-4-1-5-9-17;2*1-2;;1-2;;/h5,7,10,16,19-20H,6,8-9,17-18H2,1-4H3;2-3,6-7H,1,4-5,8-10H2;2*1-2H3;1H4;2H,1H2;1H3;1H/b14-13+,15-10-;;;;;;;. The maximum atomic E-state index is 12.8. The molecule has 1 aliphatic carbocycles. The van der Waals surface area contributed by atoms with Gasteiger partial charge < -0.3 is 33.5 Å². The molecule has 1 heterocycles. The molecule has 1 fully saturated rings. The molecule has 0 aromatic heterocycles. The number of allylic oxidation sites excluding steroid dienone is 4. The van der Waals surface area contributed by atoms with Crippen LogP contribution in [0.4, 0.5) is 13.2 Å². The molecule has 1 aromatic carbocycles. The molecule has 1 saturated heterocycles. The van der Waals surface area contributed by atoms with Crippen molar-refractivity contribution in [1.29, 1.82) is 0 Å². The van der Waals surface area contributed by atoms with Crippen LogP contribution in [0.15, 0.2) is 70.7 Å². The van der Waals surface area contributed by atoms with E-state index >= 15 is 0 Å². The Bertz CT molecular complexity index is 1010. The normalized spacial score (nSPS) is 16.8. The van der Waals surface area contributed by atoms with Crippen LogP contribution in [0.2, 0.25) is 0 Å². The van der Waals surface area contributed by atoms with Gasteiger partial charge in [-0.15, -0.1) is 0 Å². The van der Waals surface area contributed by atoms with E-state index in [0.29, 0.717) is 30.4 Å². The number of rotatable bonds is 7. The summed E-state index contributed by atoms with van der Waals surface area (Å²) in [7, 11) is 1.87. The van der Waals surface area contributed by atoms with Crippen molar-refractivity contribution in [1.82, 2.24) is 21.7 Å². The summed E-state index contributed by atoms with van der Waals surface area (Å²) in [5.41, 5.74) is 17.2. The summed E-state index contributed by atoms with van der Waals surface area (Å²) < 4.78 is 38.4. The van der Waals surface area contributed by atoms with Gasteiger partial charge in [0.15, 0.2) is 0 Å². The maximum absolute atomic E-state index is 12.8. The fraction of sp³-hybridized carbons (Fsp3) is 0.588. The van der Waals surface area contributed by atoms with Crippen LogP contribution in [0, 0.1) is 0 Å². The molecule has 1 atom stereocenters. The summed E-state index contributed by atoms with van der Waals surface area (Å²) in [4.78, 5) is 2.11. The smallest absolute Gasteiger partial charge is 0.397 e. The third-order valence-electron chi connectivity index (χ3n) is 6.99. The molecule has 45 heavy (non-hydrogen) atoms. The van der Waals surface area contributed by atoms with Crippen LogP contribution in [-0.2, 0) is 12.7 Å². The maximum Gasteiger partial charge on any atom is 0.416 e. The van der Waals surface area contributed by atoms with Crippen LogP contribution in [0.1, 0.15) is 101 Å². The van der Waals surface area contributed by atoms with Gasteiger partial charge in [-0.3, -0.25) is 4.90 Å². The molecule has 2 aliphatic rings. The number of nitrogens with one attached hydrogen (secondary N) is 2. The van der Waals surface area contributed by atoms with E-state index in [-0.39, 0.29) is 15.0 Å². The second-order valence-electron chi connectivity index (χ2n) is 9.83. The first kappa shape index (κ1) is 49.1. The average Bonchev–Trinajstić information content (AvgIpc) is 3.19. The third-order valence-corrected chi connectivity index (χ3v) is 6.99. The number of likely N-dealkylation sites (tertiary alicyclic amines) is 1. The zero-order valence-electron chi connectivity index (χ0n) is 28.5. The molecule has 0 spiro atoms. The van der Waals surface area contributed by atoms with Gasteiger partial charge in [0.1, 0.15) is 0 Å². The summed E-state index contributed by atoms with van der Waals surface area (Å²) in [6.07, 6.45) is 7.58. The number of alkyl halides is 3. The molecule has 11 heteroatoms. The lowest BCUT2D eigenvalue weighted by Gasteiger charge is -2.27. The molecular weight excluding hydrogens is 579 g/mol. The van der Waals surface area contributed by atoms with E-state index in [1.54, 1.807) is 12.1 Å². The highest BCUT2D eigenvalue weighted by Gasteiger charge is 2.33. The number of piperidine rings is 1. The summed E-state index contributed by atoms with van der Waals surface area (Å²) in [6.45, 7) is 17.0. The van der Waals surface area contributed by atoms with Crippen molar-refractivity contribution >= 4 is 0 Å². The average molecular weight is 648 g/mol. The SMILES string of the molecule is C.CC.CC.CN/C(C)=C(CN)/C(N)=C/NC1CCC(C)=CC=C1C.FC(F)(F)c1ccccc1CN1CCCCC1.N.NO.[HH]. The lowest BCUT2D eigenvalue weighted by atomic mass is 10.0. The Morgan fingerprint density at radius 2 is 1.60 bits per heavy atom. The Kier molecular flexibility index (Phi) is 31.2. The first-order valence-electron chi connectivity index (χ1n) is 15.3. The lowest BCUT2D eigenvalue weighted by molar-refractivity contribution is -0.138. The molecule has 0 radical (unpaired) electrons. The zero-order chi connectivity index (χ0) is 33.4. The van der Waals surface area contributed by atoms with Gasteiger partial charge in [-0.05, 0) is 71.2 Å². The largest absolute Gasteiger partial charge is 0.416 e. The predicted octanol–water partition coefficient (Wildman–Crippen LogP) is 8.01. The van der Waals surface area contributed by atoms with E-state index in [1.807, 2.05) is 47.9 Å². The van der Waals surface area contributed by atoms with Gasteiger partial charge in [0.25, 0.3) is 0 Å². The third kappa shape index (κ3) is 19.3. The predicted molar refractivity (Wildman–Crippen MR) is 190 cm³/mol. The van der Waals surface area contributed by atoms with E-state index in [9.17, 15) is 13.2 Å². The van der Waals surface area contributed by atoms with Crippen molar-refractivity contribution in [3.05, 3.63) is 81.9 Å². The lowest BCUT2D eigenvalue weighted by Crippen LogP contribution is -2.30. The molecule has 12 N–H and O–H groups in total. The van der Waals surface area contributed by atoms with Gasteiger partial charge in [-0.2, -0.15) is 13.2 Å². The molecule has 266 valence electrons. The van der Waals surface area contributed by atoms with Crippen molar-refractivity contribution in [2.24, 2.45) is 17.4 Å². The quantitative estimate of drug-likeness (QED) is 0.116. The molecule has 0 amide bonds. The van der Waals surface area contributed by atoms with Crippen LogP contribution < -0.4 is 34.1 Å². The number of halogens is 3. The number of nitrogens with two attached hydrogens (primary N) is 3. The fourth-order valence-corrected chi connectivity index (χ4v) is 4.50. The molecule has 0 saturated carbocycles. The van der Waals surface area contributed by atoms with Crippen LogP contribution in [0.3, 0.4) is 0 Å². The van der Waals surface area contributed by atoms with Gasteiger partial charge >= 0.3 is 6.18 Å². The molecule has 1 aromatic rings. The number of hydrogen-bond acceptors (Lipinski definition) is 8. The van der Waals surface area contributed by atoms with E-state index in [0.717, 1.165) is 50.0 Å². The highest BCUT2D eigenvalue weighted by molar-refractivity contribution is 5.33. The van der Waals surface area contributed by atoms with Crippen molar-refractivity contribution in [3.63, 3.8) is 0 Å². The van der Waals surface area contributed by atoms with Gasteiger partial charge in [0.2, 0.25) is 0 Å². The van der Waals surface area contributed by atoms with Crippen LogP contribution >= 0.6 is 0 Å². The Balaban J connectivity index is -0.000000199. The minimum absolute atomic E-state index is 0. The van der Waals surface area contributed by atoms with Gasteiger partial charge in [0, 0.05) is 45.1 Å². The Morgan fingerprint density at radius 1 is 1.04 bits per heavy atom. The van der Waals surface area contributed by atoms with Crippen LogP contribution in [0.25, 0.3) is 0 Å². The monoisotopic (exact) mass is 648 g/mol. The van der Waals surface area contributed by atoms with E-state index < -0.39 is 11.7 Å². The number of hydrogen-bond donors (Lipinski definition) is 7. The minimum Gasteiger partial charge on any atom is -0.397 e. The summed E-state index contributed by atoms with van der Waals surface area (Å²) >= 11 is 0. The molecule has 1 unspecified atom stereocenters. The molecule has 8 nitrogen and oxygen atoms in total. The van der Waals surface area contributed by atoms with Crippen LogP contribution in [-0.4, -0.2) is 42.8 Å². The Morgan fingerprint density at radius 3 is 2.11 bits per heavy atom. The zero-order valence-corrected chi connectivity index (χ0v) is 28.5.